The lowest BCUT2D eigenvalue weighted by atomic mass is 10.1. The second kappa shape index (κ2) is 6.24. The first kappa shape index (κ1) is 13.4. The van der Waals surface area contributed by atoms with Crippen molar-refractivity contribution in [2.75, 3.05) is 12.3 Å². The van der Waals surface area contributed by atoms with Gasteiger partial charge in [-0.25, -0.2) is 9.89 Å². The maximum atomic E-state index is 11.6. The molecular formula is C12H14N4O2S. The van der Waals surface area contributed by atoms with Crippen molar-refractivity contribution in [1.29, 1.82) is 0 Å². The van der Waals surface area contributed by atoms with Gasteiger partial charge in [0.15, 0.2) is 0 Å². The van der Waals surface area contributed by atoms with Crippen molar-refractivity contribution in [1.82, 2.24) is 15.2 Å². The molecule has 1 heterocycles. The van der Waals surface area contributed by atoms with Crippen LogP contribution in [0.3, 0.4) is 0 Å². The van der Waals surface area contributed by atoms with E-state index in [0.29, 0.717) is 29.0 Å². The van der Waals surface area contributed by atoms with Crippen LogP contribution in [0.15, 0.2) is 29.4 Å². The molecule has 2 rings (SSSR count). The monoisotopic (exact) mass is 278 g/mol. The predicted octanol–water partition coefficient (Wildman–Crippen LogP) is 1.86. The van der Waals surface area contributed by atoms with Gasteiger partial charge in [0.2, 0.25) is 11.1 Å². The number of nitrogens with one attached hydrogen (secondary N) is 1. The Morgan fingerprint density at radius 2 is 2.37 bits per heavy atom. The van der Waals surface area contributed by atoms with Gasteiger partial charge in [-0.15, -0.1) is 5.10 Å². The SMILES string of the molecule is CCOC(=O)c1cccc(CSc2n[nH]c(N)n2)c1. The summed E-state index contributed by atoms with van der Waals surface area (Å²) in [6.45, 7) is 2.15. The highest BCUT2D eigenvalue weighted by Crippen LogP contribution is 2.20. The molecule has 1 aromatic carbocycles. The molecule has 7 heteroatoms. The van der Waals surface area contributed by atoms with E-state index in [2.05, 4.69) is 15.2 Å². The van der Waals surface area contributed by atoms with Gasteiger partial charge < -0.3 is 10.5 Å². The molecule has 0 fully saturated rings. The van der Waals surface area contributed by atoms with Gasteiger partial charge in [0.05, 0.1) is 12.2 Å². The fraction of sp³-hybridized carbons (Fsp3) is 0.250. The van der Waals surface area contributed by atoms with Gasteiger partial charge in [0, 0.05) is 5.75 Å². The van der Waals surface area contributed by atoms with Crippen LogP contribution in [-0.4, -0.2) is 27.8 Å². The molecule has 0 bridgehead atoms. The van der Waals surface area contributed by atoms with Gasteiger partial charge in [0.1, 0.15) is 0 Å². The minimum Gasteiger partial charge on any atom is -0.462 e. The molecule has 0 aliphatic rings. The molecule has 0 unspecified atom stereocenters. The van der Waals surface area contributed by atoms with Gasteiger partial charge >= 0.3 is 5.97 Å². The first-order valence-electron chi connectivity index (χ1n) is 5.75. The molecule has 0 amide bonds. The van der Waals surface area contributed by atoms with E-state index in [9.17, 15) is 4.79 Å². The third kappa shape index (κ3) is 3.72. The van der Waals surface area contributed by atoms with E-state index in [1.54, 1.807) is 19.1 Å². The van der Waals surface area contributed by atoms with Crippen LogP contribution in [0.2, 0.25) is 0 Å². The lowest BCUT2D eigenvalue weighted by molar-refractivity contribution is 0.0526. The summed E-state index contributed by atoms with van der Waals surface area (Å²) >= 11 is 1.44. The van der Waals surface area contributed by atoms with E-state index in [0.717, 1.165) is 5.56 Å². The number of esters is 1. The van der Waals surface area contributed by atoms with Crippen LogP contribution in [0.25, 0.3) is 0 Å². The maximum Gasteiger partial charge on any atom is 0.338 e. The average Bonchev–Trinajstić information content (AvgIpc) is 2.83. The standard InChI is InChI=1S/C12H14N4O2S/c1-2-18-10(17)9-5-3-4-8(6-9)7-19-12-14-11(13)15-16-12/h3-6H,2,7H2,1H3,(H3,13,14,15,16). The summed E-state index contributed by atoms with van der Waals surface area (Å²) in [5.74, 6) is 0.643. The average molecular weight is 278 g/mol. The molecular weight excluding hydrogens is 264 g/mol. The first-order valence-corrected chi connectivity index (χ1v) is 6.74. The number of anilines is 1. The molecule has 0 atom stereocenters. The highest BCUT2D eigenvalue weighted by atomic mass is 32.2. The first-order chi connectivity index (χ1) is 9.19. The molecule has 0 aliphatic heterocycles. The molecule has 0 aliphatic carbocycles. The summed E-state index contributed by atoms with van der Waals surface area (Å²) in [6, 6.07) is 7.30. The van der Waals surface area contributed by atoms with E-state index in [1.165, 1.54) is 11.8 Å². The summed E-state index contributed by atoms with van der Waals surface area (Å²) in [5, 5.41) is 7.08. The lowest BCUT2D eigenvalue weighted by Crippen LogP contribution is -2.04. The molecule has 2 aromatic rings. The Balaban J connectivity index is 2.00. The minimum atomic E-state index is -0.309. The number of carbonyl (C=O) groups is 1. The zero-order chi connectivity index (χ0) is 13.7. The number of benzene rings is 1. The van der Waals surface area contributed by atoms with Gasteiger partial charge in [-0.05, 0) is 24.6 Å². The Morgan fingerprint density at radius 1 is 1.53 bits per heavy atom. The van der Waals surface area contributed by atoms with Crippen molar-refractivity contribution in [3.05, 3.63) is 35.4 Å². The largest absolute Gasteiger partial charge is 0.462 e. The number of ether oxygens (including phenoxy) is 1. The third-order valence-electron chi connectivity index (χ3n) is 2.29. The van der Waals surface area contributed by atoms with Crippen LogP contribution in [-0.2, 0) is 10.5 Å². The number of nitrogens with zero attached hydrogens (tertiary/aromatic N) is 2. The Kier molecular flexibility index (Phi) is 4.40. The van der Waals surface area contributed by atoms with Crippen molar-refractivity contribution in [2.24, 2.45) is 0 Å². The Labute approximate surface area is 114 Å². The summed E-state index contributed by atoms with van der Waals surface area (Å²) in [6.07, 6.45) is 0. The van der Waals surface area contributed by atoms with Crippen LogP contribution >= 0.6 is 11.8 Å². The normalized spacial score (nSPS) is 10.4. The number of rotatable bonds is 5. The van der Waals surface area contributed by atoms with Gasteiger partial charge in [-0.2, -0.15) is 4.98 Å². The second-order valence-electron chi connectivity index (χ2n) is 3.71. The molecule has 100 valence electrons. The number of aromatic nitrogens is 3. The number of carbonyl (C=O) groups excluding carboxylic acids is 1. The van der Waals surface area contributed by atoms with Crippen LogP contribution in [0.5, 0.6) is 0 Å². The van der Waals surface area contributed by atoms with Crippen molar-refractivity contribution >= 4 is 23.7 Å². The van der Waals surface area contributed by atoms with E-state index in [-0.39, 0.29) is 5.97 Å². The molecule has 3 N–H and O–H groups in total. The van der Waals surface area contributed by atoms with E-state index in [1.807, 2.05) is 12.1 Å². The van der Waals surface area contributed by atoms with Crippen molar-refractivity contribution in [3.63, 3.8) is 0 Å². The van der Waals surface area contributed by atoms with Crippen LogP contribution in [0.4, 0.5) is 5.95 Å². The third-order valence-corrected chi connectivity index (χ3v) is 3.21. The van der Waals surface area contributed by atoms with E-state index < -0.39 is 0 Å². The Hall–Kier alpha value is -2.02. The fourth-order valence-electron chi connectivity index (χ4n) is 1.47. The van der Waals surface area contributed by atoms with Crippen LogP contribution in [0.1, 0.15) is 22.8 Å². The summed E-state index contributed by atoms with van der Waals surface area (Å²) in [7, 11) is 0. The molecule has 19 heavy (non-hydrogen) atoms. The maximum absolute atomic E-state index is 11.6. The Bertz CT molecular complexity index is 570. The smallest absolute Gasteiger partial charge is 0.338 e. The molecule has 0 saturated carbocycles. The van der Waals surface area contributed by atoms with Gasteiger partial charge in [-0.1, -0.05) is 23.9 Å². The lowest BCUT2D eigenvalue weighted by Gasteiger charge is -2.04. The second-order valence-corrected chi connectivity index (χ2v) is 4.66. The summed E-state index contributed by atoms with van der Waals surface area (Å²) in [4.78, 5) is 15.6. The molecule has 1 aromatic heterocycles. The number of thioether (sulfide) groups is 1. The zero-order valence-electron chi connectivity index (χ0n) is 10.4. The highest BCUT2D eigenvalue weighted by Gasteiger charge is 2.07. The molecule has 0 radical (unpaired) electrons. The van der Waals surface area contributed by atoms with Gasteiger partial charge in [-0.3, -0.25) is 0 Å². The number of hydrogen-bond donors (Lipinski definition) is 2. The van der Waals surface area contributed by atoms with E-state index in [4.69, 9.17) is 10.5 Å². The van der Waals surface area contributed by atoms with Crippen molar-refractivity contribution in [3.8, 4) is 0 Å². The number of H-pyrrole nitrogens is 1. The highest BCUT2D eigenvalue weighted by molar-refractivity contribution is 7.98. The summed E-state index contributed by atoms with van der Waals surface area (Å²) in [5.41, 5.74) is 6.99. The predicted molar refractivity (Wildman–Crippen MR) is 72.8 cm³/mol. The summed E-state index contributed by atoms with van der Waals surface area (Å²) < 4.78 is 4.96. The minimum absolute atomic E-state index is 0.294. The zero-order valence-corrected chi connectivity index (χ0v) is 11.2. The number of hydrogen-bond acceptors (Lipinski definition) is 6. The topological polar surface area (TPSA) is 93.9 Å². The van der Waals surface area contributed by atoms with E-state index >= 15 is 0 Å². The number of aromatic amines is 1. The molecule has 0 saturated heterocycles. The van der Waals surface area contributed by atoms with Crippen LogP contribution < -0.4 is 5.73 Å². The number of nitrogen functional groups attached to an aromatic ring is 1. The molecule has 0 spiro atoms. The van der Waals surface area contributed by atoms with Crippen LogP contribution in [0, 0.1) is 0 Å². The fourth-order valence-corrected chi connectivity index (χ4v) is 2.22. The quantitative estimate of drug-likeness (QED) is 0.640. The number of nitrogens with two attached hydrogens (primary N) is 1. The van der Waals surface area contributed by atoms with Gasteiger partial charge in [0.25, 0.3) is 0 Å². The molecule has 6 nitrogen and oxygen atoms in total. The Morgan fingerprint density at radius 3 is 3.05 bits per heavy atom. The van der Waals surface area contributed by atoms with Crippen molar-refractivity contribution < 1.29 is 9.53 Å². The van der Waals surface area contributed by atoms with Crippen molar-refractivity contribution in [2.45, 2.75) is 17.8 Å².